The van der Waals surface area contributed by atoms with Crippen LogP contribution in [-0.4, -0.2) is 50.0 Å². The summed E-state index contributed by atoms with van der Waals surface area (Å²) in [6.07, 6.45) is 4.74. The van der Waals surface area contributed by atoms with Crippen LogP contribution in [0.25, 0.3) is 5.78 Å². The highest BCUT2D eigenvalue weighted by Gasteiger charge is 2.51. The number of aromatic nitrogens is 4. The van der Waals surface area contributed by atoms with E-state index in [4.69, 9.17) is 4.74 Å². The first-order chi connectivity index (χ1) is 18.2. The number of Topliss-reactive ketones (excluding diaryl/α,β-unsaturated/α-hetero) is 1. The first-order valence-electron chi connectivity index (χ1n) is 13.0. The number of carbonyl (C=O) groups excluding carboxylic acids is 3. The molecule has 2 aliphatic rings. The average molecular weight is 523 g/mol. The van der Waals surface area contributed by atoms with Crippen molar-refractivity contribution in [3.8, 4) is 0 Å². The van der Waals surface area contributed by atoms with E-state index in [1.54, 1.807) is 10.6 Å². The van der Waals surface area contributed by atoms with Crippen LogP contribution < -0.4 is 0 Å². The Balaban J connectivity index is 1.34. The minimum absolute atomic E-state index is 0.0560. The van der Waals surface area contributed by atoms with E-state index in [0.717, 1.165) is 37.1 Å². The Morgan fingerprint density at radius 2 is 1.95 bits per heavy atom. The van der Waals surface area contributed by atoms with Gasteiger partial charge in [0.15, 0.2) is 11.6 Å². The number of ether oxygens (including phenoxy) is 2. The van der Waals surface area contributed by atoms with Crippen molar-refractivity contribution in [2.75, 3.05) is 7.11 Å². The number of aryl methyl sites for hydroxylation is 3. The molecule has 200 valence electrons. The largest absolute Gasteiger partial charge is 0.465 e. The van der Waals surface area contributed by atoms with Gasteiger partial charge in [-0.2, -0.15) is 4.98 Å². The van der Waals surface area contributed by atoms with Gasteiger partial charge in [0.1, 0.15) is 17.3 Å². The van der Waals surface area contributed by atoms with Gasteiger partial charge in [0.05, 0.1) is 12.7 Å². The lowest BCUT2D eigenvalue weighted by Crippen LogP contribution is -2.52. The number of hydrogen-bond donors (Lipinski definition) is 0. The van der Waals surface area contributed by atoms with E-state index in [2.05, 4.69) is 19.8 Å². The lowest BCUT2D eigenvalue weighted by atomic mass is 9.73. The summed E-state index contributed by atoms with van der Waals surface area (Å²) in [5.41, 5.74) is 1.26. The summed E-state index contributed by atoms with van der Waals surface area (Å²) in [7, 11) is 1.20. The van der Waals surface area contributed by atoms with Crippen LogP contribution >= 0.6 is 0 Å². The Bertz CT molecular complexity index is 1390. The summed E-state index contributed by atoms with van der Waals surface area (Å²) in [5.74, 6) is -2.24. The number of rotatable bonds is 7. The summed E-state index contributed by atoms with van der Waals surface area (Å²) < 4.78 is 26.9. The first kappa shape index (κ1) is 25.9. The molecule has 1 aromatic carbocycles. The van der Waals surface area contributed by atoms with Gasteiger partial charge in [-0.3, -0.25) is 9.59 Å². The van der Waals surface area contributed by atoms with Gasteiger partial charge in [0.2, 0.25) is 0 Å². The Hall–Kier alpha value is -3.69. The van der Waals surface area contributed by atoms with Crippen molar-refractivity contribution in [2.45, 2.75) is 70.8 Å². The number of ketones is 1. The number of benzene rings is 1. The number of methoxy groups -OCH3 is 1. The lowest BCUT2D eigenvalue weighted by molar-refractivity contribution is -0.185. The zero-order chi connectivity index (χ0) is 27.0. The minimum Gasteiger partial charge on any atom is -0.465 e. The Morgan fingerprint density at radius 1 is 1.18 bits per heavy atom. The van der Waals surface area contributed by atoms with Crippen LogP contribution in [0.2, 0.25) is 0 Å². The molecule has 0 amide bonds. The molecule has 1 aliphatic heterocycles. The molecule has 1 aliphatic carbocycles. The predicted molar refractivity (Wildman–Crippen MR) is 134 cm³/mol. The molecule has 10 heteroatoms. The molecule has 3 aromatic rings. The molecule has 0 spiro atoms. The molecule has 2 unspecified atom stereocenters. The predicted octanol–water partition coefficient (Wildman–Crippen LogP) is 3.90. The van der Waals surface area contributed by atoms with E-state index in [9.17, 15) is 18.8 Å². The van der Waals surface area contributed by atoms with E-state index in [1.807, 2.05) is 19.9 Å². The van der Waals surface area contributed by atoms with Gasteiger partial charge in [-0.05, 0) is 69.2 Å². The molecule has 0 bridgehead atoms. The number of cyclic esters (lactones) is 1. The highest BCUT2D eigenvalue weighted by Crippen LogP contribution is 2.45. The van der Waals surface area contributed by atoms with E-state index in [0.29, 0.717) is 30.0 Å². The van der Waals surface area contributed by atoms with Crippen molar-refractivity contribution in [3.63, 3.8) is 0 Å². The lowest BCUT2D eigenvalue weighted by Gasteiger charge is -2.43. The van der Waals surface area contributed by atoms with Gasteiger partial charge in [-0.25, -0.2) is 18.7 Å². The molecule has 0 radical (unpaired) electrons. The van der Waals surface area contributed by atoms with Gasteiger partial charge in [-0.1, -0.05) is 18.9 Å². The smallest absolute Gasteiger partial charge is 0.340 e. The average Bonchev–Trinajstić information content (AvgIpc) is 3.55. The third-order valence-corrected chi connectivity index (χ3v) is 7.87. The second kappa shape index (κ2) is 10.2. The number of halogens is 1. The van der Waals surface area contributed by atoms with Crippen molar-refractivity contribution in [2.24, 2.45) is 11.8 Å². The van der Waals surface area contributed by atoms with Crippen LogP contribution in [0.4, 0.5) is 4.39 Å². The van der Waals surface area contributed by atoms with Gasteiger partial charge >= 0.3 is 11.9 Å². The van der Waals surface area contributed by atoms with Gasteiger partial charge in [0, 0.05) is 24.2 Å². The van der Waals surface area contributed by atoms with Crippen molar-refractivity contribution in [1.29, 1.82) is 0 Å². The van der Waals surface area contributed by atoms with Crippen LogP contribution in [0.1, 0.15) is 71.7 Å². The molecule has 2 aromatic heterocycles. The Morgan fingerprint density at radius 3 is 2.63 bits per heavy atom. The number of hydrogen-bond acceptors (Lipinski definition) is 8. The van der Waals surface area contributed by atoms with Crippen LogP contribution in [-0.2, 0) is 31.9 Å². The summed E-state index contributed by atoms with van der Waals surface area (Å²) in [6.45, 7) is 3.76. The molecule has 1 saturated carbocycles. The third-order valence-electron chi connectivity index (χ3n) is 7.87. The third kappa shape index (κ3) is 4.91. The fourth-order valence-electron chi connectivity index (χ4n) is 5.90. The number of nitrogens with zero attached hydrogens (tertiary/aromatic N) is 4. The maximum Gasteiger partial charge on any atom is 0.340 e. The fraction of sp³-hybridized carbons (Fsp3) is 0.500. The maximum absolute atomic E-state index is 14.5. The van der Waals surface area contributed by atoms with E-state index in [1.165, 1.54) is 19.2 Å². The van der Waals surface area contributed by atoms with Gasteiger partial charge in [0.25, 0.3) is 5.78 Å². The quantitative estimate of drug-likeness (QED) is 0.339. The zero-order valence-corrected chi connectivity index (χ0v) is 21.8. The van der Waals surface area contributed by atoms with Crippen molar-refractivity contribution in [1.82, 2.24) is 19.6 Å². The van der Waals surface area contributed by atoms with Crippen LogP contribution in [0, 0.1) is 31.5 Å². The normalized spacial score (nSPS) is 22.2. The van der Waals surface area contributed by atoms with Crippen molar-refractivity contribution >= 4 is 23.5 Å². The second-order valence-corrected chi connectivity index (χ2v) is 10.5. The standard InChI is InChI=1S/C28H31FN4O5/c1-16-12-17(2)33-27(30-16)31-24(32-33)14-21-23(34)15-28(38-26(21)36,19-6-4-5-7-19)11-10-18-8-9-20(22(29)13-18)25(35)37-3/h8-9,12-13,19,21H,4-7,10-11,14-15H2,1-3H3. The number of carbonyl (C=O) groups is 3. The summed E-state index contributed by atoms with van der Waals surface area (Å²) in [5, 5.41) is 4.45. The van der Waals surface area contributed by atoms with Crippen LogP contribution in [0.3, 0.4) is 0 Å². The highest BCUT2D eigenvalue weighted by molar-refractivity contribution is 6.01. The van der Waals surface area contributed by atoms with E-state index < -0.39 is 29.3 Å². The molecular weight excluding hydrogens is 491 g/mol. The fourth-order valence-corrected chi connectivity index (χ4v) is 5.90. The molecule has 1 saturated heterocycles. The van der Waals surface area contributed by atoms with E-state index in [-0.39, 0.29) is 30.1 Å². The molecule has 0 N–H and O–H groups in total. The van der Waals surface area contributed by atoms with E-state index >= 15 is 0 Å². The van der Waals surface area contributed by atoms with Gasteiger partial charge < -0.3 is 9.47 Å². The van der Waals surface area contributed by atoms with Crippen molar-refractivity contribution in [3.05, 3.63) is 58.4 Å². The highest BCUT2D eigenvalue weighted by atomic mass is 19.1. The number of fused-ring (bicyclic) bond motifs is 1. The second-order valence-electron chi connectivity index (χ2n) is 10.5. The topological polar surface area (TPSA) is 113 Å². The monoisotopic (exact) mass is 522 g/mol. The summed E-state index contributed by atoms with van der Waals surface area (Å²) in [4.78, 5) is 47.3. The molecule has 2 atom stereocenters. The Labute approximate surface area is 219 Å². The SMILES string of the molecule is COC(=O)c1ccc(CCC2(C3CCCC3)CC(=O)C(Cc3nc4nc(C)cc(C)n4n3)C(=O)O2)cc1F. The number of esters is 2. The van der Waals surface area contributed by atoms with Crippen molar-refractivity contribution < 1.29 is 28.2 Å². The molecular formula is C28H31FN4O5. The molecule has 38 heavy (non-hydrogen) atoms. The molecule has 9 nitrogen and oxygen atoms in total. The maximum atomic E-state index is 14.5. The summed E-state index contributed by atoms with van der Waals surface area (Å²) >= 11 is 0. The van der Waals surface area contributed by atoms with Crippen LogP contribution in [0.15, 0.2) is 24.3 Å². The first-order valence-corrected chi connectivity index (χ1v) is 13.0. The van der Waals surface area contributed by atoms with Gasteiger partial charge in [-0.15, -0.1) is 5.10 Å². The summed E-state index contributed by atoms with van der Waals surface area (Å²) in [6, 6.07) is 6.25. The minimum atomic E-state index is -0.972. The molecule has 3 heterocycles. The Kier molecular flexibility index (Phi) is 6.98. The molecule has 5 rings (SSSR count). The molecule has 2 fully saturated rings. The van der Waals surface area contributed by atoms with Crippen LogP contribution in [0.5, 0.6) is 0 Å². The zero-order valence-electron chi connectivity index (χ0n) is 21.8.